The molecule has 0 unspecified atom stereocenters. The molecule has 1 radical (unpaired) electrons. The maximum absolute atomic E-state index is 8.30. The van der Waals surface area contributed by atoms with Gasteiger partial charge in [-0.3, -0.25) is 0 Å². The zero-order valence-corrected chi connectivity index (χ0v) is 4.98. The van der Waals surface area contributed by atoms with Gasteiger partial charge in [0.1, 0.15) is 0 Å². The van der Waals surface area contributed by atoms with E-state index in [2.05, 4.69) is 5.92 Å². The third kappa shape index (κ3) is 5.52. The number of aliphatic hydroxyl groups excluding tert-OH is 1. The molecule has 8 heavy (non-hydrogen) atoms. The lowest BCUT2D eigenvalue weighted by Gasteiger charge is -1.90. The Morgan fingerprint density at radius 1 is 1.25 bits per heavy atom. The first-order valence-electron chi connectivity index (χ1n) is 2.92. The first-order valence-corrected chi connectivity index (χ1v) is 2.92. The van der Waals surface area contributed by atoms with Gasteiger partial charge in [0.05, 0.1) is 0 Å². The highest BCUT2D eigenvalue weighted by Crippen LogP contribution is 1.96. The molecule has 0 aliphatic rings. The predicted molar refractivity (Wildman–Crippen MR) is 32.7 cm³/mol. The Morgan fingerprint density at radius 2 is 2.00 bits per heavy atom. The zero-order chi connectivity index (χ0) is 6.24. The summed E-state index contributed by atoms with van der Waals surface area (Å²) in [5, 5.41) is 8.30. The van der Waals surface area contributed by atoms with Crippen LogP contribution in [0, 0.1) is 12.3 Å². The molecule has 0 atom stereocenters. The molecular weight excluding hydrogens is 100 g/mol. The molecule has 0 amide bonds. The lowest BCUT2D eigenvalue weighted by molar-refractivity contribution is 0.283. The number of hydrogen-bond acceptors (Lipinski definition) is 1. The fourth-order valence-electron chi connectivity index (χ4n) is 0.502. The van der Waals surface area contributed by atoms with Gasteiger partial charge in [-0.05, 0) is 19.3 Å². The Bertz CT molecular complexity index is 70.9. The van der Waals surface area contributed by atoms with Gasteiger partial charge in [-0.1, -0.05) is 12.3 Å². The van der Waals surface area contributed by atoms with E-state index in [-0.39, 0.29) is 6.61 Å². The Morgan fingerprint density at radius 3 is 2.50 bits per heavy atom. The van der Waals surface area contributed by atoms with Crippen molar-refractivity contribution in [2.45, 2.75) is 25.7 Å². The van der Waals surface area contributed by atoms with E-state index in [4.69, 9.17) is 11.5 Å². The van der Waals surface area contributed by atoms with E-state index < -0.39 is 0 Å². The third-order valence-corrected chi connectivity index (χ3v) is 0.960. The predicted octanol–water partition coefficient (Wildman–Crippen LogP) is 1.13. The topological polar surface area (TPSA) is 20.2 Å². The molecule has 1 heteroatoms. The van der Waals surface area contributed by atoms with Crippen LogP contribution in [0.3, 0.4) is 0 Å². The minimum absolute atomic E-state index is 0.276. The van der Waals surface area contributed by atoms with Crippen LogP contribution in [0.5, 0.6) is 0 Å². The number of aliphatic hydroxyl groups is 1. The second-order valence-corrected chi connectivity index (χ2v) is 1.71. The van der Waals surface area contributed by atoms with Crippen molar-refractivity contribution >= 4 is 0 Å². The van der Waals surface area contributed by atoms with Crippen LogP contribution in [0.25, 0.3) is 0 Å². The van der Waals surface area contributed by atoms with E-state index in [1.165, 1.54) is 0 Å². The summed E-state index contributed by atoms with van der Waals surface area (Å²) in [6.07, 6.45) is 10.1. The molecule has 0 saturated heterocycles. The van der Waals surface area contributed by atoms with Crippen molar-refractivity contribution in [3.63, 3.8) is 0 Å². The molecule has 0 heterocycles. The van der Waals surface area contributed by atoms with Gasteiger partial charge in [0, 0.05) is 13.0 Å². The Labute approximate surface area is 50.7 Å². The fraction of sp³-hybridized carbons (Fsp3) is 0.714. The van der Waals surface area contributed by atoms with Gasteiger partial charge in [-0.2, -0.15) is 0 Å². The van der Waals surface area contributed by atoms with Crippen LogP contribution in [0.15, 0.2) is 0 Å². The average Bonchev–Trinajstić information content (AvgIpc) is 1.81. The highest BCUT2D eigenvalue weighted by atomic mass is 16.2. The highest BCUT2D eigenvalue weighted by molar-refractivity contribution is 4.73. The van der Waals surface area contributed by atoms with Crippen LogP contribution in [0.4, 0.5) is 0 Å². The lowest BCUT2D eigenvalue weighted by Crippen LogP contribution is -1.81. The van der Waals surface area contributed by atoms with Crippen LogP contribution >= 0.6 is 0 Å². The van der Waals surface area contributed by atoms with Gasteiger partial charge >= 0.3 is 0 Å². The molecule has 0 rings (SSSR count). The summed E-state index contributed by atoms with van der Waals surface area (Å²) >= 11 is 0. The van der Waals surface area contributed by atoms with Crippen molar-refractivity contribution < 1.29 is 5.11 Å². The van der Waals surface area contributed by atoms with Crippen LogP contribution in [0.1, 0.15) is 25.7 Å². The van der Waals surface area contributed by atoms with Crippen molar-refractivity contribution in [2.75, 3.05) is 6.61 Å². The number of rotatable bonds is 4. The average molecular weight is 111 g/mol. The molecule has 0 aliphatic carbocycles. The largest absolute Gasteiger partial charge is 0.396 e. The van der Waals surface area contributed by atoms with Gasteiger partial charge in [0.25, 0.3) is 0 Å². The van der Waals surface area contributed by atoms with E-state index in [1.54, 1.807) is 0 Å². The minimum atomic E-state index is 0.276. The normalized spacial score (nSPS) is 8.50. The summed E-state index contributed by atoms with van der Waals surface area (Å²) in [5.41, 5.74) is 0. The Balaban J connectivity index is 2.65. The van der Waals surface area contributed by atoms with Crippen LogP contribution in [-0.2, 0) is 0 Å². The SMILES string of the molecule is [C]#CCCCCCO. The summed E-state index contributed by atoms with van der Waals surface area (Å²) in [4.78, 5) is 0. The van der Waals surface area contributed by atoms with E-state index >= 15 is 0 Å². The lowest BCUT2D eigenvalue weighted by atomic mass is 10.2. The van der Waals surface area contributed by atoms with Gasteiger partial charge in [0.15, 0.2) is 0 Å². The van der Waals surface area contributed by atoms with Gasteiger partial charge < -0.3 is 5.11 Å². The van der Waals surface area contributed by atoms with Gasteiger partial charge in [0.2, 0.25) is 0 Å². The summed E-state index contributed by atoms with van der Waals surface area (Å²) < 4.78 is 0. The molecule has 0 spiro atoms. The first-order chi connectivity index (χ1) is 3.91. The van der Waals surface area contributed by atoms with Crippen molar-refractivity contribution in [1.29, 1.82) is 0 Å². The maximum Gasteiger partial charge on any atom is 0.0431 e. The quantitative estimate of drug-likeness (QED) is 0.426. The van der Waals surface area contributed by atoms with Crippen LogP contribution < -0.4 is 0 Å². The van der Waals surface area contributed by atoms with Gasteiger partial charge in [-0.15, -0.1) is 0 Å². The van der Waals surface area contributed by atoms with E-state index in [0.29, 0.717) is 0 Å². The van der Waals surface area contributed by atoms with E-state index in [0.717, 1.165) is 25.7 Å². The van der Waals surface area contributed by atoms with Gasteiger partial charge in [-0.25, -0.2) is 0 Å². The monoisotopic (exact) mass is 111 g/mol. The van der Waals surface area contributed by atoms with Crippen molar-refractivity contribution in [1.82, 2.24) is 0 Å². The molecule has 1 nitrogen and oxygen atoms in total. The molecule has 0 saturated carbocycles. The summed E-state index contributed by atoms with van der Waals surface area (Å²) in [5.74, 6) is 2.29. The smallest absolute Gasteiger partial charge is 0.0431 e. The molecular formula is C7H11O. The molecule has 0 aromatic heterocycles. The second-order valence-electron chi connectivity index (χ2n) is 1.71. The Kier molecular flexibility index (Phi) is 6.13. The molecule has 0 aromatic carbocycles. The van der Waals surface area contributed by atoms with E-state index in [1.807, 2.05) is 0 Å². The molecule has 45 valence electrons. The minimum Gasteiger partial charge on any atom is -0.396 e. The van der Waals surface area contributed by atoms with E-state index in [9.17, 15) is 0 Å². The summed E-state index contributed by atoms with van der Waals surface area (Å²) in [6, 6.07) is 0. The molecule has 1 N–H and O–H groups in total. The summed E-state index contributed by atoms with van der Waals surface area (Å²) in [6.45, 7) is 0.276. The number of hydrogen-bond donors (Lipinski definition) is 1. The third-order valence-electron chi connectivity index (χ3n) is 0.960. The fourth-order valence-corrected chi connectivity index (χ4v) is 0.502. The van der Waals surface area contributed by atoms with Crippen LogP contribution in [0.2, 0.25) is 0 Å². The highest BCUT2D eigenvalue weighted by Gasteiger charge is 1.82. The second kappa shape index (κ2) is 6.52. The molecule has 0 aliphatic heterocycles. The molecule has 0 bridgehead atoms. The maximum atomic E-state index is 8.30. The van der Waals surface area contributed by atoms with Crippen molar-refractivity contribution in [3.05, 3.63) is 6.42 Å². The Hall–Kier alpha value is -0.480. The van der Waals surface area contributed by atoms with Crippen molar-refractivity contribution in [2.24, 2.45) is 0 Å². The van der Waals surface area contributed by atoms with Crippen molar-refractivity contribution in [3.8, 4) is 5.92 Å². The number of unbranched alkanes of at least 4 members (excludes halogenated alkanes) is 3. The van der Waals surface area contributed by atoms with Crippen LogP contribution in [-0.4, -0.2) is 11.7 Å². The standard InChI is InChI=1S/C7H11O/c1-2-3-4-5-6-7-8/h8H,3-7H2. The zero-order valence-electron chi connectivity index (χ0n) is 4.98. The molecule has 0 aromatic rings. The molecule has 0 fully saturated rings. The first kappa shape index (κ1) is 7.52. The summed E-state index contributed by atoms with van der Waals surface area (Å²) in [7, 11) is 0.